The van der Waals surface area contributed by atoms with E-state index in [0.717, 1.165) is 12.3 Å². The topological polar surface area (TPSA) is 45.8 Å². The van der Waals surface area contributed by atoms with Crippen LogP contribution in [0, 0.1) is 5.82 Å². The highest BCUT2D eigenvalue weighted by Gasteiger charge is 2.34. The monoisotopic (exact) mass is 336 g/mol. The van der Waals surface area contributed by atoms with Crippen LogP contribution in [0.4, 0.5) is 17.6 Å². The molecule has 0 atom stereocenters. The normalized spacial score (nSPS) is 11.6. The molecule has 0 fully saturated rings. The van der Waals surface area contributed by atoms with Crippen molar-refractivity contribution in [1.29, 1.82) is 0 Å². The van der Waals surface area contributed by atoms with Crippen molar-refractivity contribution in [2.24, 2.45) is 0 Å². The van der Waals surface area contributed by atoms with Gasteiger partial charge in [0.05, 0.1) is 11.3 Å². The Hall–Kier alpha value is -1.70. The molecule has 0 amide bonds. The molecule has 100 valence electrons. The largest absolute Gasteiger partial charge is 0.419 e. The quantitative estimate of drug-likeness (QED) is 0.811. The molecular weight excluding hydrogens is 332 g/mol. The van der Waals surface area contributed by atoms with Crippen molar-refractivity contribution >= 4 is 15.9 Å². The maximum atomic E-state index is 13.1. The van der Waals surface area contributed by atoms with Crippen LogP contribution in [-0.2, 0) is 6.18 Å². The van der Waals surface area contributed by atoms with Gasteiger partial charge in [-0.3, -0.25) is 4.79 Å². The second kappa shape index (κ2) is 4.76. The summed E-state index contributed by atoms with van der Waals surface area (Å²) in [4.78, 5) is 17.2. The number of benzene rings is 1. The summed E-state index contributed by atoms with van der Waals surface area (Å²) < 4.78 is 50.7. The summed E-state index contributed by atoms with van der Waals surface area (Å²) in [6, 6.07) is 2.50. The number of aromatic nitrogens is 2. The Morgan fingerprint density at radius 1 is 1.26 bits per heavy atom. The van der Waals surface area contributed by atoms with Crippen molar-refractivity contribution in [3.63, 3.8) is 0 Å². The van der Waals surface area contributed by atoms with Crippen LogP contribution in [0.5, 0.6) is 0 Å². The smallest absolute Gasteiger partial charge is 0.325 e. The standard InChI is InChI=1S/C11H5BrF4N2O/c12-9-10(19)17-4-8(18-9)5-1-2-7(13)6(3-5)11(14,15)16/h1-4H,(H,17,19). The molecule has 0 aliphatic heterocycles. The van der Waals surface area contributed by atoms with Gasteiger partial charge < -0.3 is 4.98 Å². The van der Waals surface area contributed by atoms with Crippen molar-refractivity contribution in [2.45, 2.75) is 6.18 Å². The van der Waals surface area contributed by atoms with Crippen LogP contribution < -0.4 is 5.56 Å². The molecule has 8 heteroatoms. The highest BCUT2D eigenvalue weighted by Crippen LogP contribution is 2.33. The second-order valence-corrected chi connectivity index (χ2v) is 4.35. The molecule has 2 aromatic rings. The summed E-state index contributed by atoms with van der Waals surface area (Å²) in [6.45, 7) is 0. The molecule has 1 aromatic heterocycles. The maximum Gasteiger partial charge on any atom is 0.419 e. The highest BCUT2D eigenvalue weighted by atomic mass is 79.9. The average molecular weight is 337 g/mol. The number of nitrogens with one attached hydrogen (secondary N) is 1. The molecule has 0 aliphatic carbocycles. The fourth-order valence-corrected chi connectivity index (χ4v) is 1.74. The third-order valence-corrected chi connectivity index (χ3v) is 2.85. The Morgan fingerprint density at radius 2 is 1.95 bits per heavy atom. The van der Waals surface area contributed by atoms with Gasteiger partial charge in [0.25, 0.3) is 5.56 Å². The molecule has 0 unspecified atom stereocenters. The number of aromatic amines is 1. The van der Waals surface area contributed by atoms with Crippen molar-refractivity contribution in [3.8, 4) is 11.3 Å². The van der Waals surface area contributed by atoms with Crippen LogP contribution in [0.2, 0.25) is 0 Å². The van der Waals surface area contributed by atoms with Gasteiger partial charge in [-0.15, -0.1) is 0 Å². The fourth-order valence-electron chi connectivity index (χ4n) is 1.43. The van der Waals surface area contributed by atoms with E-state index in [0.29, 0.717) is 12.1 Å². The molecule has 0 saturated carbocycles. The first-order valence-electron chi connectivity index (χ1n) is 4.91. The first-order chi connectivity index (χ1) is 8.79. The lowest BCUT2D eigenvalue weighted by molar-refractivity contribution is -0.139. The summed E-state index contributed by atoms with van der Waals surface area (Å²) in [5.74, 6) is -1.36. The molecule has 2 rings (SSSR count). The zero-order valence-corrected chi connectivity index (χ0v) is 10.6. The Labute approximate surface area is 112 Å². The van der Waals surface area contributed by atoms with E-state index in [-0.39, 0.29) is 15.9 Å². The van der Waals surface area contributed by atoms with Crippen LogP contribution >= 0.6 is 15.9 Å². The number of H-pyrrole nitrogens is 1. The minimum absolute atomic E-state index is 0.0469. The summed E-state index contributed by atoms with van der Waals surface area (Å²) in [5.41, 5.74) is -1.75. The van der Waals surface area contributed by atoms with Crippen molar-refractivity contribution < 1.29 is 17.6 Å². The third-order valence-electron chi connectivity index (χ3n) is 2.31. The van der Waals surface area contributed by atoms with E-state index in [1.165, 1.54) is 0 Å². The van der Waals surface area contributed by atoms with Crippen LogP contribution in [-0.4, -0.2) is 9.97 Å². The van der Waals surface area contributed by atoms with Crippen LogP contribution in [0.25, 0.3) is 11.3 Å². The zero-order valence-electron chi connectivity index (χ0n) is 9.05. The summed E-state index contributed by atoms with van der Waals surface area (Å²) >= 11 is 2.86. The first-order valence-corrected chi connectivity index (χ1v) is 5.70. The molecule has 3 nitrogen and oxygen atoms in total. The van der Waals surface area contributed by atoms with Crippen molar-refractivity contribution in [2.75, 3.05) is 0 Å². The Kier molecular flexibility index (Phi) is 3.44. The molecule has 0 saturated heterocycles. The van der Waals surface area contributed by atoms with Gasteiger partial charge in [0.2, 0.25) is 0 Å². The predicted octanol–water partition coefficient (Wildman–Crippen LogP) is 3.36. The molecular formula is C11H5BrF4N2O. The van der Waals surface area contributed by atoms with E-state index in [1.807, 2.05) is 0 Å². The lowest BCUT2D eigenvalue weighted by atomic mass is 10.1. The van der Waals surface area contributed by atoms with Gasteiger partial charge in [-0.25, -0.2) is 9.37 Å². The van der Waals surface area contributed by atoms with Gasteiger partial charge in [0.1, 0.15) is 5.82 Å². The first kappa shape index (κ1) is 13.7. The number of nitrogens with zero attached hydrogens (tertiary/aromatic N) is 1. The van der Waals surface area contributed by atoms with Crippen LogP contribution in [0.1, 0.15) is 5.56 Å². The van der Waals surface area contributed by atoms with Crippen LogP contribution in [0.3, 0.4) is 0 Å². The van der Waals surface area contributed by atoms with Crippen molar-refractivity contribution in [3.05, 3.63) is 50.7 Å². The molecule has 1 heterocycles. The number of halogens is 5. The van der Waals surface area contributed by atoms with Crippen LogP contribution in [0.15, 0.2) is 33.8 Å². The Morgan fingerprint density at radius 3 is 2.53 bits per heavy atom. The van der Waals surface area contributed by atoms with Gasteiger partial charge in [0, 0.05) is 11.8 Å². The predicted molar refractivity (Wildman–Crippen MR) is 63.0 cm³/mol. The highest BCUT2D eigenvalue weighted by molar-refractivity contribution is 9.10. The number of hydrogen-bond donors (Lipinski definition) is 1. The number of alkyl halides is 3. The van der Waals surface area contributed by atoms with Gasteiger partial charge >= 0.3 is 6.18 Å². The SMILES string of the molecule is O=c1[nH]cc(-c2ccc(F)c(C(F)(F)F)c2)nc1Br. The number of rotatable bonds is 1. The van der Waals surface area contributed by atoms with Gasteiger partial charge in [-0.1, -0.05) is 0 Å². The van der Waals surface area contributed by atoms with E-state index in [9.17, 15) is 22.4 Å². The number of hydrogen-bond acceptors (Lipinski definition) is 2. The second-order valence-electron chi connectivity index (χ2n) is 3.60. The Balaban J connectivity index is 2.57. The molecule has 0 radical (unpaired) electrons. The minimum atomic E-state index is -4.79. The molecule has 0 bridgehead atoms. The zero-order chi connectivity index (χ0) is 14.2. The molecule has 0 aliphatic rings. The van der Waals surface area contributed by atoms with Gasteiger partial charge in [0.15, 0.2) is 4.60 Å². The lowest BCUT2D eigenvalue weighted by Crippen LogP contribution is -2.10. The molecule has 1 aromatic carbocycles. The molecule has 1 N–H and O–H groups in total. The molecule has 0 spiro atoms. The average Bonchev–Trinajstić information content (AvgIpc) is 2.32. The van der Waals surface area contributed by atoms with Gasteiger partial charge in [-0.05, 0) is 34.1 Å². The van der Waals surface area contributed by atoms with E-state index in [4.69, 9.17) is 0 Å². The van der Waals surface area contributed by atoms with E-state index >= 15 is 0 Å². The Bertz CT molecular complexity index is 681. The fraction of sp³-hybridized carbons (Fsp3) is 0.0909. The molecule has 19 heavy (non-hydrogen) atoms. The van der Waals surface area contributed by atoms with Gasteiger partial charge in [-0.2, -0.15) is 13.2 Å². The van der Waals surface area contributed by atoms with E-state index < -0.39 is 23.1 Å². The summed E-state index contributed by atoms with van der Waals surface area (Å²) in [5, 5.41) is 0. The van der Waals surface area contributed by atoms with E-state index in [2.05, 4.69) is 25.9 Å². The summed E-state index contributed by atoms with van der Waals surface area (Å²) in [6.07, 6.45) is -3.64. The summed E-state index contributed by atoms with van der Waals surface area (Å²) in [7, 11) is 0. The minimum Gasteiger partial charge on any atom is -0.325 e. The lowest BCUT2D eigenvalue weighted by Gasteiger charge is -2.09. The maximum absolute atomic E-state index is 13.1. The van der Waals surface area contributed by atoms with Crippen molar-refractivity contribution in [1.82, 2.24) is 9.97 Å². The third kappa shape index (κ3) is 2.83. The van der Waals surface area contributed by atoms with E-state index in [1.54, 1.807) is 0 Å².